The van der Waals surface area contributed by atoms with E-state index in [9.17, 15) is 0 Å². The molecule has 0 aromatic carbocycles. The zero-order valence-corrected chi connectivity index (χ0v) is 6.60. The highest BCUT2D eigenvalue weighted by Gasteiger charge is 2.43. The van der Waals surface area contributed by atoms with Crippen LogP contribution in [0.25, 0.3) is 0 Å². The molecule has 0 radical (unpaired) electrons. The first kappa shape index (κ1) is 6.66. The zero-order valence-electron chi connectivity index (χ0n) is 6.60. The molecule has 58 valence electrons. The van der Waals surface area contributed by atoms with Crippen molar-refractivity contribution in [3.8, 4) is 0 Å². The van der Waals surface area contributed by atoms with Crippen LogP contribution < -0.4 is 5.73 Å². The predicted molar refractivity (Wildman–Crippen MR) is 42.7 cm³/mol. The van der Waals surface area contributed by atoms with Gasteiger partial charge in [0.1, 0.15) is 0 Å². The van der Waals surface area contributed by atoms with Gasteiger partial charge < -0.3 is 5.73 Å². The van der Waals surface area contributed by atoms with Gasteiger partial charge in [-0.05, 0) is 37.1 Å². The van der Waals surface area contributed by atoms with Crippen molar-refractivity contribution in [3.05, 3.63) is 0 Å². The molecule has 0 atom stereocenters. The molecule has 1 heteroatoms. The smallest absolute Gasteiger partial charge is 0.00204 e. The van der Waals surface area contributed by atoms with Crippen LogP contribution in [-0.2, 0) is 0 Å². The van der Waals surface area contributed by atoms with Crippen molar-refractivity contribution in [2.45, 2.75) is 38.5 Å². The molecule has 0 heterocycles. The number of nitrogens with two attached hydrogens (primary N) is 1. The molecule has 2 N–H and O–H groups in total. The lowest BCUT2D eigenvalue weighted by Crippen LogP contribution is -2.22. The summed E-state index contributed by atoms with van der Waals surface area (Å²) in [5, 5.41) is 0. The van der Waals surface area contributed by atoms with Crippen molar-refractivity contribution in [3.63, 3.8) is 0 Å². The second-order valence-corrected chi connectivity index (χ2v) is 4.21. The summed E-state index contributed by atoms with van der Waals surface area (Å²) in [5.41, 5.74) is 6.34. The van der Waals surface area contributed by atoms with Crippen LogP contribution in [0.4, 0.5) is 0 Å². The molecule has 2 fully saturated rings. The molecule has 0 aromatic heterocycles. The lowest BCUT2D eigenvalue weighted by molar-refractivity contribution is 0.241. The van der Waals surface area contributed by atoms with Crippen molar-refractivity contribution < 1.29 is 0 Å². The summed E-state index contributed by atoms with van der Waals surface area (Å²) in [4.78, 5) is 0. The summed E-state index contributed by atoms with van der Waals surface area (Å²) in [6.07, 6.45) is 8.73. The van der Waals surface area contributed by atoms with E-state index in [4.69, 9.17) is 5.73 Å². The van der Waals surface area contributed by atoms with Crippen molar-refractivity contribution in [1.29, 1.82) is 0 Å². The Hall–Kier alpha value is -0.0400. The highest BCUT2D eigenvalue weighted by atomic mass is 14.7. The largest absolute Gasteiger partial charge is 0.330 e. The van der Waals surface area contributed by atoms with Gasteiger partial charge in [0.05, 0.1) is 0 Å². The third kappa shape index (κ3) is 1.07. The standard InChI is InChI=1S/C9H17N/c10-7-9(4-5-9)6-8-2-1-3-8/h8H,1-7,10H2. The van der Waals surface area contributed by atoms with Crippen LogP contribution in [0.15, 0.2) is 0 Å². The van der Waals surface area contributed by atoms with Gasteiger partial charge in [0.15, 0.2) is 0 Å². The van der Waals surface area contributed by atoms with Crippen LogP contribution >= 0.6 is 0 Å². The zero-order chi connectivity index (χ0) is 7.03. The Balaban J connectivity index is 1.77. The third-order valence-corrected chi connectivity index (χ3v) is 3.34. The van der Waals surface area contributed by atoms with Crippen molar-refractivity contribution in [2.24, 2.45) is 17.1 Å². The van der Waals surface area contributed by atoms with Gasteiger partial charge in [-0.25, -0.2) is 0 Å². The molecule has 2 aliphatic rings. The summed E-state index contributed by atoms with van der Waals surface area (Å²) >= 11 is 0. The van der Waals surface area contributed by atoms with Gasteiger partial charge in [-0.3, -0.25) is 0 Å². The molecular formula is C9H17N. The van der Waals surface area contributed by atoms with Crippen LogP contribution in [0, 0.1) is 11.3 Å². The molecule has 0 aliphatic heterocycles. The molecule has 2 saturated carbocycles. The lowest BCUT2D eigenvalue weighted by atomic mass is 9.78. The Morgan fingerprint density at radius 2 is 2.00 bits per heavy atom. The average Bonchev–Trinajstić information content (AvgIpc) is 2.60. The summed E-state index contributed by atoms with van der Waals surface area (Å²) in [5.74, 6) is 1.06. The second kappa shape index (κ2) is 2.23. The maximum atomic E-state index is 5.70. The van der Waals surface area contributed by atoms with E-state index in [0.29, 0.717) is 5.41 Å². The van der Waals surface area contributed by atoms with E-state index >= 15 is 0 Å². The summed E-state index contributed by atoms with van der Waals surface area (Å²) in [6, 6.07) is 0. The quantitative estimate of drug-likeness (QED) is 0.635. The van der Waals surface area contributed by atoms with E-state index < -0.39 is 0 Å². The van der Waals surface area contributed by atoms with E-state index in [-0.39, 0.29) is 0 Å². The molecule has 2 aliphatic carbocycles. The number of hydrogen-bond donors (Lipinski definition) is 1. The van der Waals surface area contributed by atoms with Gasteiger partial charge in [0.25, 0.3) is 0 Å². The number of rotatable bonds is 3. The molecule has 0 bridgehead atoms. The Bertz CT molecular complexity index is 123. The van der Waals surface area contributed by atoms with Crippen LogP contribution in [0.1, 0.15) is 38.5 Å². The molecule has 0 spiro atoms. The predicted octanol–water partition coefficient (Wildman–Crippen LogP) is 1.92. The first-order valence-corrected chi connectivity index (χ1v) is 4.55. The van der Waals surface area contributed by atoms with Gasteiger partial charge >= 0.3 is 0 Å². The highest BCUT2D eigenvalue weighted by molar-refractivity contribution is 4.96. The monoisotopic (exact) mass is 139 g/mol. The molecule has 0 saturated heterocycles. The summed E-state index contributed by atoms with van der Waals surface area (Å²) in [6.45, 7) is 0.948. The van der Waals surface area contributed by atoms with Crippen LogP contribution in [0.5, 0.6) is 0 Å². The van der Waals surface area contributed by atoms with Crippen molar-refractivity contribution in [2.75, 3.05) is 6.54 Å². The Morgan fingerprint density at radius 3 is 2.30 bits per heavy atom. The van der Waals surface area contributed by atoms with Gasteiger partial charge in [-0.1, -0.05) is 19.3 Å². The molecule has 0 amide bonds. The SMILES string of the molecule is NCC1(CC2CCC2)CC1. The van der Waals surface area contributed by atoms with E-state index in [1.165, 1.54) is 38.5 Å². The molecule has 10 heavy (non-hydrogen) atoms. The molecule has 0 aromatic rings. The Morgan fingerprint density at radius 1 is 1.30 bits per heavy atom. The van der Waals surface area contributed by atoms with Gasteiger partial charge in [-0.15, -0.1) is 0 Å². The second-order valence-electron chi connectivity index (χ2n) is 4.21. The van der Waals surface area contributed by atoms with Gasteiger partial charge in [0.2, 0.25) is 0 Å². The maximum Gasteiger partial charge on any atom is -0.00204 e. The third-order valence-electron chi connectivity index (χ3n) is 3.34. The first-order valence-electron chi connectivity index (χ1n) is 4.55. The van der Waals surface area contributed by atoms with E-state index in [1.54, 1.807) is 0 Å². The first-order chi connectivity index (χ1) is 4.85. The van der Waals surface area contributed by atoms with E-state index in [0.717, 1.165) is 12.5 Å². The Kier molecular flexibility index (Phi) is 1.48. The fraction of sp³-hybridized carbons (Fsp3) is 1.00. The van der Waals surface area contributed by atoms with Crippen LogP contribution in [0.2, 0.25) is 0 Å². The summed E-state index contributed by atoms with van der Waals surface area (Å²) in [7, 11) is 0. The van der Waals surface area contributed by atoms with Crippen LogP contribution in [-0.4, -0.2) is 6.54 Å². The van der Waals surface area contributed by atoms with Gasteiger partial charge in [0, 0.05) is 0 Å². The molecule has 0 unspecified atom stereocenters. The highest BCUT2D eigenvalue weighted by Crippen LogP contribution is 2.52. The van der Waals surface area contributed by atoms with E-state index in [2.05, 4.69) is 0 Å². The van der Waals surface area contributed by atoms with Crippen molar-refractivity contribution >= 4 is 0 Å². The number of hydrogen-bond acceptors (Lipinski definition) is 1. The molecule has 1 nitrogen and oxygen atoms in total. The average molecular weight is 139 g/mol. The molecule has 2 rings (SSSR count). The fourth-order valence-corrected chi connectivity index (χ4v) is 1.98. The lowest BCUT2D eigenvalue weighted by Gasteiger charge is -2.29. The summed E-state index contributed by atoms with van der Waals surface area (Å²) < 4.78 is 0. The minimum absolute atomic E-state index is 0.644. The minimum atomic E-state index is 0.644. The fourth-order valence-electron chi connectivity index (χ4n) is 1.98. The van der Waals surface area contributed by atoms with Crippen LogP contribution in [0.3, 0.4) is 0 Å². The van der Waals surface area contributed by atoms with Crippen molar-refractivity contribution in [1.82, 2.24) is 0 Å². The maximum absolute atomic E-state index is 5.70. The topological polar surface area (TPSA) is 26.0 Å². The Labute approximate surface area is 63.0 Å². The van der Waals surface area contributed by atoms with Gasteiger partial charge in [-0.2, -0.15) is 0 Å². The minimum Gasteiger partial charge on any atom is -0.330 e. The normalized spacial score (nSPS) is 29.7. The van der Waals surface area contributed by atoms with E-state index in [1.807, 2.05) is 0 Å². The molecular weight excluding hydrogens is 122 g/mol.